The fourth-order valence-corrected chi connectivity index (χ4v) is 2.37. The summed E-state index contributed by atoms with van der Waals surface area (Å²) in [5.74, 6) is 0.862. The highest BCUT2D eigenvalue weighted by molar-refractivity contribution is 14.0. The second-order valence-corrected chi connectivity index (χ2v) is 5.03. The number of guanidine groups is 1. The summed E-state index contributed by atoms with van der Waals surface area (Å²) in [6.45, 7) is 0.823. The first-order valence-corrected chi connectivity index (χ1v) is 7.03. The van der Waals surface area contributed by atoms with Gasteiger partial charge in [0.15, 0.2) is 5.96 Å². The van der Waals surface area contributed by atoms with Crippen LogP contribution in [-0.4, -0.2) is 25.6 Å². The number of benzene rings is 1. The Morgan fingerprint density at radius 2 is 2.00 bits per heavy atom. The molecule has 0 heterocycles. The second kappa shape index (κ2) is 9.23. The van der Waals surface area contributed by atoms with Gasteiger partial charge in [-0.15, -0.1) is 24.0 Å². The number of rotatable bonds is 4. The van der Waals surface area contributed by atoms with Crippen LogP contribution in [0.15, 0.2) is 41.4 Å². The van der Waals surface area contributed by atoms with Gasteiger partial charge in [0.05, 0.1) is 0 Å². The van der Waals surface area contributed by atoms with Crippen LogP contribution in [0.2, 0.25) is 5.02 Å². The van der Waals surface area contributed by atoms with Crippen molar-refractivity contribution in [3.63, 3.8) is 0 Å². The molecule has 0 atom stereocenters. The molecule has 2 N–H and O–H groups in total. The molecule has 0 saturated heterocycles. The summed E-state index contributed by atoms with van der Waals surface area (Å²) in [6.07, 6.45) is 7.45. The number of nitrogens with one attached hydrogen (secondary N) is 2. The van der Waals surface area contributed by atoms with Crippen molar-refractivity contribution in [1.29, 1.82) is 0 Å². The maximum atomic E-state index is 6.13. The van der Waals surface area contributed by atoms with Crippen LogP contribution < -0.4 is 10.6 Å². The van der Waals surface area contributed by atoms with Gasteiger partial charge in [0.25, 0.3) is 0 Å². The number of hydrogen-bond acceptors (Lipinski definition) is 1. The molecular weight excluding hydrogens is 385 g/mol. The minimum absolute atomic E-state index is 0. The highest BCUT2D eigenvalue weighted by Gasteiger charge is 2.11. The van der Waals surface area contributed by atoms with Gasteiger partial charge < -0.3 is 10.6 Å². The average Bonchev–Trinajstić information content (AvgIpc) is 2.92. The number of halogens is 2. The van der Waals surface area contributed by atoms with Crippen molar-refractivity contribution in [2.24, 2.45) is 4.99 Å². The zero-order valence-corrected chi connectivity index (χ0v) is 14.7. The van der Waals surface area contributed by atoms with Crippen molar-refractivity contribution >= 4 is 41.5 Å². The number of nitrogens with zero attached hydrogens (tertiary/aromatic N) is 1. The van der Waals surface area contributed by atoms with E-state index >= 15 is 0 Å². The summed E-state index contributed by atoms with van der Waals surface area (Å²) >= 11 is 6.13. The predicted octanol–water partition coefficient (Wildman–Crippen LogP) is 3.38. The van der Waals surface area contributed by atoms with E-state index in [9.17, 15) is 0 Å². The predicted molar refractivity (Wildman–Crippen MR) is 97.2 cm³/mol. The van der Waals surface area contributed by atoms with Gasteiger partial charge in [0.2, 0.25) is 0 Å². The molecule has 110 valence electrons. The molecule has 1 aromatic rings. The lowest BCUT2D eigenvalue weighted by molar-refractivity contribution is 0.633. The van der Waals surface area contributed by atoms with Crippen molar-refractivity contribution in [2.45, 2.75) is 25.3 Å². The van der Waals surface area contributed by atoms with Crippen LogP contribution >= 0.6 is 35.6 Å². The maximum absolute atomic E-state index is 6.13. The summed E-state index contributed by atoms with van der Waals surface area (Å²) in [5, 5.41) is 7.56. The van der Waals surface area contributed by atoms with Crippen LogP contribution in [0, 0.1) is 0 Å². The van der Waals surface area contributed by atoms with Crippen LogP contribution in [0.4, 0.5) is 0 Å². The Labute approximate surface area is 142 Å². The van der Waals surface area contributed by atoms with Gasteiger partial charge in [-0.2, -0.15) is 0 Å². The standard InChI is InChI=1S/C15H20ClN3.HI/c1-17-15(19-13-7-3-4-8-13)18-11-10-12-6-2-5-9-14(12)16;/h2-6,9,13H,7-8,10-11H2,1H3,(H2,17,18,19);1H. The summed E-state index contributed by atoms with van der Waals surface area (Å²) in [6, 6.07) is 8.42. The summed E-state index contributed by atoms with van der Waals surface area (Å²) in [5.41, 5.74) is 1.16. The summed E-state index contributed by atoms with van der Waals surface area (Å²) < 4.78 is 0. The monoisotopic (exact) mass is 405 g/mol. The van der Waals surface area contributed by atoms with E-state index in [1.54, 1.807) is 7.05 Å². The van der Waals surface area contributed by atoms with Crippen molar-refractivity contribution in [3.8, 4) is 0 Å². The van der Waals surface area contributed by atoms with Gasteiger partial charge in [-0.05, 0) is 30.9 Å². The van der Waals surface area contributed by atoms with E-state index in [1.807, 2.05) is 18.2 Å². The van der Waals surface area contributed by atoms with Crippen molar-refractivity contribution in [1.82, 2.24) is 10.6 Å². The molecule has 0 unspecified atom stereocenters. The Bertz CT molecular complexity index is 466. The van der Waals surface area contributed by atoms with Gasteiger partial charge in [-0.25, -0.2) is 0 Å². The van der Waals surface area contributed by atoms with Gasteiger partial charge in [0, 0.05) is 24.7 Å². The van der Waals surface area contributed by atoms with Crippen molar-refractivity contribution in [2.75, 3.05) is 13.6 Å². The lowest BCUT2D eigenvalue weighted by Gasteiger charge is -2.17. The molecule has 0 radical (unpaired) electrons. The van der Waals surface area contributed by atoms with E-state index in [4.69, 9.17) is 11.6 Å². The topological polar surface area (TPSA) is 36.4 Å². The molecule has 20 heavy (non-hydrogen) atoms. The summed E-state index contributed by atoms with van der Waals surface area (Å²) in [7, 11) is 1.80. The molecule has 1 aromatic carbocycles. The second-order valence-electron chi connectivity index (χ2n) is 4.62. The molecule has 0 aromatic heterocycles. The first-order valence-electron chi connectivity index (χ1n) is 6.65. The van der Waals surface area contributed by atoms with Gasteiger partial charge in [0.1, 0.15) is 0 Å². The Hall–Kier alpha value is -0.750. The van der Waals surface area contributed by atoms with Crippen LogP contribution in [-0.2, 0) is 6.42 Å². The molecule has 0 fully saturated rings. The Kier molecular flexibility index (Phi) is 7.99. The fraction of sp³-hybridized carbons (Fsp3) is 0.400. The third-order valence-corrected chi connectivity index (χ3v) is 3.59. The molecular formula is C15H21ClIN3. The Morgan fingerprint density at radius 1 is 1.30 bits per heavy atom. The fourth-order valence-electron chi connectivity index (χ4n) is 2.14. The smallest absolute Gasteiger partial charge is 0.191 e. The maximum Gasteiger partial charge on any atom is 0.191 e. The molecule has 0 spiro atoms. The lowest BCUT2D eigenvalue weighted by Crippen LogP contribution is -2.43. The number of hydrogen-bond donors (Lipinski definition) is 2. The minimum Gasteiger partial charge on any atom is -0.356 e. The summed E-state index contributed by atoms with van der Waals surface area (Å²) in [4.78, 5) is 4.24. The SMILES string of the molecule is CN=C(NCCc1ccccc1Cl)NC1CC=CC1.I. The lowest BCUT2D eigenvalue weighted by atomic mass is 10.1. The zero-order chi connectivity index (χ0) is 13.5. The molecule has 1 aliphatic carbocycles. The minimum atomic E-state index is 0. The largest absolute Gasteiger partial charge is 0.356 e. The average molecular weight is 406 g/mol. The Balaban J connectivity index is 0.00000200. The Morgan fingerprint density at radius 3 is 2.65 bits per heavy atom. The van der Waals surface area contributed by atoms with E-state index < -0.39 is 0 Å². The van der Waals surface area contributed by atoms with Crippen LogP contribution in [0.25, 0.3) is 0 Å². The number of aliphatic imine (C=N–C) groups is 1. The molecule has 0 saturated carbocycles. The highest BCUT2D eigenvalue weighted by atomic mass is 127. The third kappa shape index (κ3) is 5.32. The van der Waals surface area contributed by atoms with Gasteiger partial charge in [-0.1, -0.05) is 42.0 Å². The molecule has 0 bridgehead atoms. The van der Waals surface area contributed by atoms with Crippen molar-refractivity contribution < 1.29 is 0 Å². The highest BCUT2D eigenvalue weighted by Crippen LogP contribution is 2.14. The van der Waals surface area contributed by atoms with Gasteiger partial charge >= 0.3 is 0 Å². The van der Waals surface area contributed by atoms with E-state index in [1.165, 1.54) is 0 Å². The molecule has 0 amide bonds. The quantitative estimate of drug-likeness (QED) is 0.349. The van der Waals surface area contributed by atoms with Crippen molar-refractivity contribution in [3.05, 3.63) is 47.0 Å². The first-order chi connectivity index (χ1) is 9.29. The van der Waals surface area contributed by atoms with Crippen LogP contribution in [0.3, 0.4) is 0 Å². The molecule has 5 heteroatoms. The first kappa shape index (κ1) is 17.3. The molecule has 2 rings (SSSR count). The molecule has 3 nitrogen and oxygen atoms in total. The van der Waals surface area contributed by atoms with E-state index in [0.717, 1.165) is 42.4 Å². The normalized spacial score (nSPS) is 15.0. The third-order valence-electron chi connectivity index (χ3n) is 3.22. The van der Waals surface area contributed by atoms with Crippen LogP contribution in [0.5, 0.6) is 0 Å². The molecule has 0 aliphatic heterocycles. The van der Waals surface area contributed by atoms with E-state index in [0.29, 0.717) is 6.04 Å². The van der Waals surface area contributed by atoms with E-state index in [-0.39, 0.29) is 24.0 Å². The van der Waals surface area contributed by atoms with E-state index in [2.05, 4.69) is 33.8 Å². The van der Waals surface area contributed by atoms with Gasteiger partial charge in [-0.3, -0.25) is 4.99 Å². The van der Waals surface area contributed by atoms with Crippen LogP contribution in [0.1, 0.15) is 18.4 Å². The zero-order valence-electron chi connectivity index (χ0n) is 11.6. The molecule has 1 aliphatic rings.